The van der Waals surface area contributed by atoms with Crippen LogP contribution in [0.5, 0.6) is 0 Å². The van der Waals surface area contributed by atoms with Crippen LogP contribution in [0.15, 0.2) is 18.2 Å². The predicted molar refractivity (Wildman–Crippen MR) is 58.7 cm³/mol. The fourth-order valence-corrected chi connectivity index (χ4v) is 2.10. The summed E-state index contributed by atoms with van der Waals surface area (Å²) in [5.74, 6) is 0.516. The lowest BCUT2D eigenvalue weighted by molar-refractivity contribution is 0.0855. The van der Waals surface area contributed by atoms with E-state index in [1.54, 1.807) is 0 Å². The molecule has 0 amide bonds. The van der Waals surface area contributed by atoms with E-state index >= 15 is 0 Å². The number of nitrogen functional groups attached to an aromatic ring is 1. The minimum atomic E-state index is 0.516. The van der Waals surface area contributed by atoms with Gasteiger partial charge in [0.2, 0.25) is 0 Å². The van der Waals surface area contributed by atoms with Crippen LogP contribution >= 0.6 is 11.6 Å². The van der Waals surface area contributed by atoms with Crippen molar-refractivity contribution in [2.75, 3.05) is 18.9 Å². The molecule has 1 fully saturated rings. The molecule has 0 radical (unpaired) electrons. The van der Waals surface area contributed by atoms with Crippen LogP contribution in [0.3, 0.4) is 0 Å². The maximum Gasteiger partial charge on any atom is 0.0638 e. The summed E-state index contributed by atoms with van der Waals surface area (Å²) in [6, 6.07) is 5.86. The van der Waals surface area contributed by atoms with Gasteiger partial charge in [0, 0.05) is 13.2 Å². The van der Waals surface area contributed by atoms with E-state index in [0.717, 1.165) is 31.7 Å². The topological polar surface area (TPSA) is 35.2 Å². The van der Waals surface area contributed by atoms with Crippen molar-refractivity contribution in [3.63, 3.8) is 0 Å². The molecule has 1 aliphatic rings. The molecule has 1 aromatic carbocycles. The lowest BCUT2D eigenvalue weighted by Crippen LogP contribution is -2.15. The number of anilines is 1. The number of hydrogen-bond acceptors (Lipinski definition) is 2. The Labute approximate surface area is 89.0 Å². The van der Waals surface area contributed by atoms with E-state index in [1.807, 2.05) is 12.1 Å². The third-order valence-electron chi connectivity index (χ3n) is 2.75. The minimum absolute atomic E-state index is 0.516. The van der Waals surface area contributed by atoms with Crippen molar-refractivity contribution in [2.24, 2.45) is 0 Å². The van der Waals surface area contributed by atoms with Crippen LogP contribution in [0.25, 0.3) is 0 Å². The van der Waals surface area contributed by atoms with Gasteiger partial charge in [0.1, 0.15) is 0 Å². The Hall–Kier alpha value is -0.730. The molecule has 2 N–H and O–H groups in total. The number of benzene rings is 1. The second-order valence-electron chi connectivity index (χ2n) is 3.63. The van der Waals surface area contributed by atoms with Crippen LogP contribution in [0.1, 0.15) is 24.3 Å². The standard InChI is InChI=1S/C11H14ClNO/c12-10-3-1-2-9(11(10)13)8-4-6-14-7-5-8/h1-3,8H,4-7,13H2. The molecule has 1 saturated heterocycles. The van der Waals surface area contributed by atoms with Crippen molar-refractivity contribution in [2.45, 2.75) is 18.8 Å². The molecule has 1 aromatic rings. The first kappa shape index (κ1) is 9.81. The maximum absolute atomic E-state index is 5.98. The zero-order chi connectivity index (χ0) is 9.97. The van der Waals surface area contributed by atoms with Gasteiger partial charge < -0.3 is 10.5 Å². The van der Waals surface area contributed by atoms with Gasteiger partial charge >= 0.3 is 0 Å². The summed E-state index contributed by atoms with van der Waals surface area (Å²) in [4.78, 5) is 0. The smallest absolute Gasteiger partial charge is 0.0638 e. The Balaban J connectivity index is 2.26. The van der Waals surface area contributed by atoms with Crippen molar-refractivity contribution >= 4 is 17.3 Å². The Kier molecular flexibility index (Phi) is 2.94. The molecular formula is C11H14ClNO. The highest BCUT2D eigenvalue weighted by molar-refractivity contribution is 6.33. The van der Waals surface area contributed by atoms with Crippen molar-refractivity contribution in [1.82, 2.24) is 0 Å². The first-order valence-corrected chi connectivity index (χ1v) is 5.28. The summed E-state index contributed by atoms with van der Waals surface area (Å²) < 4.78 is 5.32. The summed E-state index contributed by atoms with van der Waals surface area (Å²) in [7, 11) is 0. The number of hydrogen-bond donors (Lipinski definition) is 1. The molecule has 0 spiro atoms. The maximum atomic E-state index is 5.98. The summed E-state index contributed by atoms with van der Waals surface area (Å²) >= 11 is 5.98. The van der Waals surface area contributed by atoms with E-state index < -0.39 is 0 Å². The zero-order valence-corrected chi connectivity index (χ0v) is 8.76. The van der Waals surface area contributed by atoms with Gasteiger partial charge in [-0.05, 0) is 30.4 Å². The molecular weight excluding hydrogens is 198 g/mol. The number of halogens is 1. The van der Waals surface area contributed by atoms with Crippen molar-refractivity contribution in [3.05, 3.63) is 28.8 Å². The van der Waals surface area contributed by atoms with Gasteiger partial charge in [-0.1, -0.05) is 23.7 Å². The van der Waals surface area contributed by atoms with Gasteiger partial charge in [0.05, 0.1) is 10.7 Å². The summed E-state index contributed by atoms with van der Waals surface area (Å²) in [6.07, 6.45) is 2.09. The second-order valence-corrected chi connectivity index (χ2v) is 4.04. The van der Waals surface area contributed by atoms with Crippen LogP contribution < -0.4 is 5.73 Å². The molecule has 0 saturated carbocycles. The Morgan fingerprint density at radius 2 is 2.00 bits per heavy atom. The molecule has 3 heteroatoms. The number of nitrogens with two attached hydrogens (primary N) is 1. The molecule has 14 heavy (non-hydrogen) atoms. The first-order chi connectivity index (χ1) is 6.79. The average Bonchev–Trinajstić information content (AvgIpc) is 2.23. The highest BCUT2D eigenvalue weighted by Crippen LogP contribution is 2.34. The fraction of sp³-hybridized carbons (Fsp3) is 0.455. The van der Waals surface area contributed by atoms with Crippen LogP contribution in [0.4, 0.5) is 5.69 Å². The van der Waals surface area contributed by atoms with Crippen molar-refractivity contribution in [3.8, 4) is 0 Å². The van der Waals surface area contributed by atoms with Crippen molar-refractivity contribution < 1.29 is 4.74 Å². The van der Waals surface area contributed by atoms with Gasteiger partial charge in [0.15, 0.2) is 0 Å². The van der Waals surface area contributed by atoms with Crippen LogP contribution in [0, 0.1) is 0 Å². The van der Waals surface area contributed by atoms with E-state index in [9.17, 15) is 0 Å². The van der Waals surface area contributed by atoms with E-state index in [2.05, 4.69) is 6.07 Å². The van der Waals surface area contributed by atoms with Crippen LogP contribution in [0.2, 0.25) is 5.02 Å². The Morgan fingerprint density at radius 1 is 1.29 bits per heavy atom. The number of para-hydroxylation sites is 1. The first-order valence-electron chi connectivity index (χ1n) is 4.90. The van der Waals surface area contributed by atoms with Gasteiger partial charge in [-0.15, -0.1) is 0 Å². The normalized spacial score (nSPS) is 18.4. The van der Waals surface area contributed by atoms with Gasteiger partial charge in [0.25, 0.3) is 0 Å². The largest absolute Gasteiger partial charge is 0.397 e. The highest BCUT2D eigenvalue weighted by Gasteiger charge is 2.18. The number of rotatable bonds is 1. The quantitative estimate of drug-likeness (QED) is 0.725. The van der Waals surface area contributed by atoms with E-state index in [1.165, 1.54) is 5.56 Å². The number of ether oxygens (including phenoxy) is 1. The van der Waals surface area contributed by atoms with E-state index in [0.29, 0.717) is 10.9 Å². The fourth-order valence-electron chi connectivity index (χ4n) is 1.92. The summed E-state index contributed by atoms with van der Waals surface area (Å²) in [5, 5.41) is 0.661. The molecule has 2 rings (SSSR count). The molecule has 1 aliphatic heterocycles. The third kappa shape index (κ3) is 1.86. The predicted octanol–water partition coefficient (Wildman–Crippen LogP) is 2.82. The summed E-state index contributed by atoms with van der Waals surface area (Å²) in [5.41, 5.74) is 7.86. The lowest BCUT2D eigenvalue weighted by Gasteiger charge is -2.23. The molecule has 0 atom stereocenters. The Bertz CT molecular complexity index is 321. The molecule has 0 unspecified atom stereocenters. The van der Waals surface area contributed by atoms with Gasteiger partial charge in [-0.25, -0.2) is 0 Å². The highest BCUT2D eigenvalue weighted by atomic mass is 35.5. The molecule has 76 valence electrons. The Morgan fingerprint density at radius 3 is 2.71 bits per heavy atom. The van der Waals surface area contributed by atoms with E-state index in [4.69, 9.17) is 22.1 Å². The SMILES string of the molecule is Nc1c(Cl)cccc1C1CCOCC1. The van der Waals surface area contributed by atoms with E-state index in [-0.39, 0.29) is 0 Å². The van der Waals surface area contributed by atoms with Crippen LogP contribution in [-0.4, -0.2) is 13.2 Å². The molecule has 2 nitrogen and oxygen atoms in total. The summed E-state index contributed by atoms with van der Waals surface area (Å²) in [6.45, 7) is 1.66. The molecule has 1 heterocycles. The minimum Gasteiger partial charge on any atom is -0.397 e. The van der Waals surface area contributed by atoms with Crippen molar-refractivity contribution in [1.29, 1.82) is 0 Å². The lowest BCUT2D eigenvalue weighted by atomic mass is 9.90. The second kappa shape index (κ2) is 4.20. The van der Waals surface area contributed by atoms with Gasteiger partial charge in [-0.3, -0.25) is 0 Å². The molecule has 0 aliphatic carbocycles. The molecule has 0 bridgehead atoms. The zero-order valence-electron chi connectivity index (χ0n) is 8.00. The third-order valence-corrected chi connectivity index (χ3v) is 3.08. The van der Waals surface area contributed by atoms with Crippen LogP contribution in [-0.2, 0) is 4.74 Å². The average molecular weight is 212 g/mol. The molecule has 0 aromatic heterocycles. The van der Waals surface area contributed by atoms with Gasteiger partial charge in [-0.2, -0.15) is 0 Å². The monoisotopic (exact) mass is 211 g/mol.